The molecule has 1 heterocycles. The fourth-order valence-electron chi connectivity index (χ4n) is 2.42. The van der Waals surface area contributed by atoms with Crippen LogP contribution in [0.25, 0.3) is 0 Å². The first-order chi connectivity index (χ1) is 8.96. The first-order valence-corrected chi connectivity index (χ1v) is 6.98. The summed E-state index contributed by atoms with van der Waals surface area (Å²) in [6, 6.07) is 6.40. The summed E-state index contributed by atoms with van der Waals surface area (Å²) < 4.78 is 12.8. The van der Waals surface area contributed by atoms with E-state index in [0.29, 0.717) is 18.3 Å². The van der Waals surface area contributed by atoms with Gasteiger partial charge in [-0.3, -0.25) is 4.79 Å². The number of hydrogen-bond donors (Lipinski definition) is 0. The van der Waals surface area contributed by atoms with Crippen molar-refractivity contribution in [2.24, 2.45) is 5.41 Å². The molecule has 0 aliphatic carbocycles. The maximum absolute atomic E-state index is 12.8. The molecule has 2 nitrogen and oxygen atoms in total. The predicted octanol–water partition coefficient (Wildman–Crippen LogP) is 3.41. The highest BCUT2D eigenvalue weighted by atomic mass is 19.1. The molecule has 1 aromatic rings. The summed E-state index contributed by atoms with van der Waals surface area (Å²) in [6.45, 7) is 6.26. The zero-order valence-electron chi connectivity index (χ0n) is 11.8. The van der Waals surface area contributed by atoms with Gasteiger partial charge in [0, 0.05) is 19.5 Å². The van der Waals surface area contributed by atoms with Crippen molar-refractivity contribution < 1.29 is 9.18 Å². The molecule has 0 unspecified atom stereocenters. The SMILES string of the molecule is CC1(C)CCN(C(=O)CCc2ccc(F)cc2)CC1. The number of carbonyl (C=O) groups is 1. The van der Waals surface area contributed by atoms with Gasteiger partial charge in [-0.05, 0) is 42.4 Å². The summed E-state index contributed by atoms with van der Waals surface area (Å²) >= 11 is 0. The summed E-state index contributed by atoms with van der Waals surface area (Å²) in [7, 11) is 0. The van der Waals surface area contributed by atoms with Crippen LogP contribution >= 0.6 is 0 Å². The van der Waals surface area contributed by atoms with Crippen molar-refractivity contribution in [1.29, 1.82) is 0 Å². The molecule has 1 aliphatic heterocycles. The van der Waals surface area contributed by atoms with Gasteiger partial charge in [-0.25, -0.2) is 4.39 Å². The normalized spacial score (nSPS) is 18.4. The Bertz CT molecular complexity index is 429. The van der Waals surface area contributed by atoms with Crippen LogP contribution in [-0.4, -0.2) is 23.9 Å². The maximum Gasteiger partial charge on any atom is 0.222 e. The van der Waals surface area contributed by atoms with Crippen LogP contribution in [0, 0.1) is 11.2 Å². The number of benzene rings is 1. The van der Waals surface area contributed by atoms with Crippen LogP contribution in [0.3, 0.4) is 0 Å². The van der Waals surface area contributed by atoms with Gasteiger partial charge < -0.3 is 4.90 Å². The second-order valence-electron chi connectivity index (χ2n) is 6.17. The molecule has 0 radical (unpaired) electrons. The third-order valence-corrected chi connectivity index (χ3v) is 4.01. The molecule has 3 heteroatoms. The highest BCUT2D eigenvalue weighted by molar-refractivity contribution is 5.76. The first kappa shape index (κ1) is 14.0. The number of carbonyl (C=O) groups excluding carboxylic acids is 1. The van der Waals surface area contributed by atoms with Gasteiger partial charge in [0.1, 0.15) is 5.82 Å². The topological polar surface area (TPSA) is 20.3 Å². The summed E-state index contributed by atoms with van der Waals surface area (Å²) in [5.74, 6) is -0.00633. The van der Waals surface area contributed by atoms with E-state index in [4.69, 9.17) is 0 Å². The molecule has 0 aromatic heterocycles. The Morgan fingerprint density at radius 2 is 1.79 bits per heavy atom. The Kier molecular flexibility index (Phi) is 4.23. The van der Waals surface area contributed by atoms with Gasteiger partial charge in [-0.1, -0.05) is 26.0 Å². The van der Waals surface area contributed by atoms with Gasteiger partial charge in [0.15, 0.2) is 0 Å². The average molecular weight is 263 g/mol. The molecule has 2 rings (SSSR count). The van der Waals surface area contributed by atoms with Crippen LogP contribution in [0.4, 0.5) is 4.39 Å². The van der Waals surface area contributed by atoms with E-state index in [9.17, 15) is 9.18 Å². The molecule has 1 fully saturated rings. The van der Waals surface area contributed by atoms with Crippen molar-refractivity contribution in [2.45, 2.75) is 39.5 Å². The summed E-state index contributed by atoms with van der Waals surface area (Å²) in [4.78, 5) is 14.1. The molecule has 104 valence electrons. The maximum atomic E-state index is 12.8. The van der Waals surface area contributed by atoms with Crippen LogP contribution in [0.5, 0.6) is 0 Å². The Labute approximate surface area is 114 Å². The number of rotatable bonds is 3. The van der Waals surface area contributed by atoms with E-state index in [1.54, 1.807) is 12.1 Å². The molecule has 0 N–H and O–H groups in total. The zero-order chi connectivity index (χ0) is 13.9. The van der Waals surface area contributed by atoms with Gasteiger partial charge in [0.2, 0.25) is 5.91 Å². The lowest BCUT2D eigenvalue weighted by Crippen LogP contribution is -2.41. The number of halogens is 1. The minimum Gasteiger partial charge on any atom is -0.343 e. The molecule has 0 saturated carbocycles. The van der Waals surface area contributed by atoms with Crippen LogP contribution < -0.4 is 0 Å². The van der Waals surface area contributed by atoms with E-state index < -0.39 is 0 Å². The molecule has 0 atom stereocenters. The molecule has 1 amide bonds. The molecule has 0 bridgehead atoms. The van der Waals surface area contributed by atoms with Crippen molar-refractivity contribution >= 4 is 5.91 Å². The predicted molar refractivity (Wildman–Crippen MR) is 74.3 cm³/mol. The number of aryl methyl sites for hydroxylation is 1. The number of hydrogen-bond acceptors (Lipinski definition) is 1. The molecule has 1 aliphatic rings. The molecule has 1 saturated heterocycles. The van der Waals surface area contributed by atoms with Gasteiger partial charge in [0.25, 0.3) is 0 Å². The van der Waals surface area contributed by atoms with E-state index in [-0.39, 0.29) is 11.7 Å². The Morgan fingerprint density at radius 3 is 2.37 bits per heavy atom. The minimum atomic E-state index is -0.228. The van der Waals surface area contributed by atoms with Crippen LogP contribution in [-0.2, 0) is 11.2 Å². The lowest BCUT2D eigenvalue weighted by atomic mass is 9.82. The van der Waals surface area contributed by atoms with Crippen molar-refractivity contribution in [3.05, 3.63) is 35.6 Å². The highest BCUT2D eigenvalue weighted by Crippen LogP contribution is 2.29. The molecule has 19 heavy (non-hydrogen) atoms. The number of nitrogens with zero attached hydrogens (tertiary/aromatic N) is 1. The van der Waals surface area contributed by atoms with Crippen molar-refractivity contribution in [3.8, 4) is 0 Å². The standard InChI is InChI=1S/C16H22FNO/c1-16(2)9-11-18(12-10-16)15(19)8-5-13-3-6-14(17)7-4-13/h3-4,6-7H,5,8-12H2,1-2H3. The lowest BCUT2D eigenvalue weighted by molar-refractivity contribution is -0.133. The molecule has 1 aromatic carbocycles. The smallest absolute Gasteiger partial charge is 0.222 e. The van der Waals surface area contributed by atoms with Crippen LogP contribution in [0.1, 0.15) is 38.7 Å². The Hall–Kier alpha value is -1.38. The fraction of sp³-hybridized carbons (Fsp3) is 0.562. The monoisotopic (exact) mass is 263 g/mol. The number of amides is 1. The van der Waals surface area contributed by atoms with E-state index in [1.165, 1.54) is 12.1 Å². The Morgan fingerprint density at radius 1 is 1.21 bits per heavy atom. The summed E-state index contributed by atoms with van der Waals surface area (Å²) in [5.41, 5.74) is 1.39. The van der Waals surface area contributed by atoms with E-state index in [1.807, 2.05) is 4.90 Å². The largest absolute Gasteiger partial charge is 0.343 e. The van der Waals surface area contributed by atoms with Gasteiger partial charge in [-0.15, -0.1) is 0 Å². The number of piperidine rings is 1. The lowest BCUT2D eigenvalue weighted by Gasteiger charge is -2.37. The third-order valence-electron chi connectivity index (χ3n) is 4.01. The molecular weight excluding hydrogens is 241 g/mol. The van der Waals surface area contributed by atoms with E-state index >= 15 is 0 Å². The minimum absolute atomic E-state index is 0.222. The van der Waals surface area contributed by atoms with Crippen molar-refractivity contribution in [1.82, 2.24) is 4.90 Å². The van der Waals surface area contributed by atoms with Crippen LogP contribution in [0.15, 0.2) is 24.3 Å². The van der Waals surface area contributed by atoms with Gasteiger partial charge >= 0.3 is 0 Å². The number of likely N-dealkylation sites (tertiary alicyclic amines) is 1. The Balaban J connectivity index is 1.80. The average Bonchev–Trinajstić information content (AvgIpc) is 2.37. The highest BCUT2D eigenvalue weighted by Gasteiger charge is 2.27. The van der Waals surface area contributed by atoms with Crippen LogP contribution in [0.2, 0.25) is 0 Å². The molecular formula is C16H22FNO. The fourth-order valence-corrected chi connectivity index (χ4v) is 2.42. The van der Waals surface area contributed by atoms with Crippen molar-refractivity contribution in [3.63, 3.8) is 0 Å². The quantitative estimate of drug-likeness (QED) is 0.818. The first-order valence-electron chi connectivity index (χ1n) is 6.98. The summed E-state index contributed by atoms with van der Waals surface area (Å²) in [6.07, 6.45) is 3.37. The summed E-state index contributed by atoms with van der Waals surface area (Å²) in [5, 5.41) is 0. The zero-order valence-corrected chi connectivity index (χ0v) is 11.8. The van der Waals surface area contributed by atoms with Crippen molar-refractivity contribution in [2.75, 3.05) is 13.1 Å². The van der Waals surface area contributed by atoms with E-state index in [0.717, 1.165) is 31.5 Å². The third kappa shape index (κ3) is 4.05. The van der Waals surface area contributed by atoms with E-state index in [2.05, 4.69) is 13.8 Å². The second-order valence-corrected chi connectivity index (χ2v) is 6.17. The second kappa shape index (κ2) is 5.72. The van der Waals surface area contributed by atoms with Gasteiger partial charge in [0.05, 0.1) is 0 Å². The van der Waals surface area contributed by atoms with Gasteiger partial charge in [-0.2, -0.15) is 0 Å². The molecule has 0 spiro atoms.